The number of rotatable bonds is 5. The second-order valence-corrected chi connectivity index (χ2v) is 6.64. The van der Waals surface area contributed by atoms with Crippen LogP contribution < -0.4 is 10.2 Å². The molecule has 0 bridgehead atoms. The maximum Gasteiger partial charge on any atom is 0.205 e. The highest BCUT2D eigenvalue weighted by atomic mass is 32.1. The summed E-state index contributed by atoms with van der Waals surface area (Å²) in [5, 5.41) is 8.65. The molecule has 0 radical (unpaired) electrons. The molecule has 106 valence electrons. The lowest BCUT2D eigenvalue weighted by molar-refractivity contribution is -0.924. The first-order chi connectivity index (χ1) is 9.29. The average Bonchev–Trinajstić information content (AvgIpc) is 2.71. The van der Waals surface area contributed by atoms with Gasteiger partial charge in [0.1, 0.15) is 0 Å². The predicted molar refractivity (Wildman–Crippen MR) is 83.4 cm³/mol. The van der Waals surface area contributed by atoms with Gasteiger partial charge in [0.15, 0.2) is 10.6 Å². The van der Waals surface area contributed by atoms with Crippen molar-refractivity contribution < 1.29 is 4.90 Å². The van der Waals surface area contributed by atoms with Gasteiger partial charge in [0.05, 0.1) is 13.1 Å². The fourth-order valence-corrected chi connectivity index (χ4v) is 3.43. The number of hydrogen-bond donors (Lipinski definition) is 2. The molecule has 1 aliphatic heterocycles. The summed E-state index contributed by atoms with van der Waals surface area (Å²) in [5.74, 6) is 0. The number of likely N-dealkylation sites (tertiary alicyclic amines) is 1. The van der Waals surface area contributed by atoms with Crippen molar-refractivity contribution in [2.24, 2.45) is 0 Å². The Hall–Kier alpha value is -0.720. The highest BCUT2D eigenvalue weighted by Crippen LogP contribution is 2.13. The third kappa shape index (κ3) is 4.71. The Morgan fingerprint density at radius 2 is 2.00 bits per heavy atom. The van der Waals surface area contributed by atoms with Crippen molar-refractivity contribution >= 4 is 28.7 Å². The molecule has 0 aromatic carbocycles. The van der Waals surface area contributed by atoms with Crippen LogP contribution in [-0.4, -0.2) is 29.4 Å². The zero-order valence-electron chi connectivity index (χ0n) is 11.4. The van der Waals surface area contributed by atoms with E-state index in [2.05, 4.69) is 17.0 Å². The zero-order valence-corrected chi connectivity index (χ0v) is 13.0. The van der Waals surface area contributed by atoms with Crippen LogP contribution in [0.5, 0.6) is 0 Å². The smallest absolute Gasteiger partial charge is 0.205 e. The van der Waals surface area contributed by atoms with Crippen LogP contribution in [0, 0.1) is 3.95 Å². The van der Waals surface area contributed by atoms with Crippen molar-refractivity contribution in [2.45, 2.75) is 38.8 Å². The van der Waals surface area contributed by atoms with Crippen LogP contribution >= 0.6 is 23.6 Å². The summed E-state index contributed by atoms with van der Waals surface area (Å²) in [6.45, 7) is 7.83. The van der Waals surface area contributed by atoms with Gasteiger partial charge < -0.3 is 10.2 Å². The number of quaternary nitrogens is 1. The Balaban J connectivity index is 1.94. The second kappa shape index (κ2) is 7.77. The maximum atomic E-state index is 5.39. The molecule has 1 aromatic rings. The summed E-state index contributed by atoms with van der Waals surface area (Å²) in [5.41, 5.74) is 0. The molecule has 1 fully saturated rings. The third-order valence-corrected chi connectivity index (χ3v) is 4.70. The van der Waals surface area contributed by atoms with E-state index in [-0.39, 0.29) is 0 Å². The van der Waals surface area contributed by atoms with E-state index in [4.69, 9.17) is 12.2 Å². The molecule has 6 heteroatoms. The van der Waals surface area contributed by atoms with Crippen molar-refractivity contribution in [3.05, 3.63) is 16.6 Å². The zero-order chi connectivity index (χ0) is 13.5. The van der Waals surface area contributed by atoms with Crippen LogP contribution in [0.4, 0.5) is 5.13 Å². The van der Waals surface area contributed by atoms with Crippen LogP contribution in [0.25, 0.3) is 0 Å². The molecular formula is C13H23N4S2+. The van der Waals surface area contributed by atoms with Crippen LogP contribution in [0.3, 0.4) is 0 Å². The van der Waals surface area contributed by atoms with Gasteiger partial charge >= 0.3 is 0 Å². The lowest BCUT2D eigenvalue weighted by atomic mass is 10.1. The van der Waals surface area contributed by atoms with Crippen LogP contribution in [0.15, 0.2) is 12.7 Å². The van der Waals surface area contributed by atoms with E-state index in [0.29, 0.717) is 0 Å². The molecule has 0 amide bonds. The molecule has 1 saturated heterocycles. The number of hydrogen-bond acceptors (Lipinski definition) is 4. The van der Waals surface area contributed by atoms with Crippen molar-refractivity contribution in [3.8, 4) is 0 Å². The quantitative estimate of drug-likeness (QED) is 0.645. The van der Waals surface area contributed by atoms with Gasteiger partial charge in [0.25, 0.3) is 0 Å². The first kappa shape index (κ1) is 14.7. The summed E-state index contributed by atoms with van der Waals surface area (Å²) in [6.07, 6.45) is 8.64. The van der Waals surface area contributed by atoms with Gasteiger partial charge in [-0.1, -0.05) is 23.8 Å². The summed E-state index contributed by atoms with van der Waals surface area (Å²) >= 11 is 6.94. The molecule has 0 spiro atoms. The maximum absolute atomic E-state index is 5.39. The van der Waals surface area contributed by atoms with Gasteiger partial charge in [0, 0.05) is 6.54 Å². The summed E-state index contributed by atoms with van der Waals surface area (Å²) in [6, 6.07) is 0. The van der Waals surface area contributed by atoms with E-state index in [0.717, 1.165) is 22.3 Å². The van der Waals surface area contributed by atoms with Crippen molar-refractivity contribution in [2.75, 3.05) is 25.0 Å². The van der Waals surface area contributed by atoms with Crippen molar-refractivity contribution in [3.63, 3.8) is 0 Å². The minimum absolute atomic E-state index is 0.735. The van der Waals surface area contributed by atoms with Crippen LogP contribution in [-0.2, 0) is 6.67 Å². The van der Waals surface area contributed by atoms with Gasteiger partial charge in [-0.2, -0.15) is 4.68 Å². The van der Waals surface area contributed by atoms with E-state index < -0.39 is 0 Å². The fourth-order valence-electron chi connectivity index (χ4n) is 2.41. The molecule has 0 saturated carbocycles. The lowest BCUT2D eigenvalue weighted by Crippen LogP contribution is -3.11. The molecule has 1 aromatic heterocycles. The lowest BCUT2D eigenvalue weighted by Gasteiger charge is -2.21. The van der Waals surface area contributed by atoms with Crippen LogP contribution in [0.2, 0.25) is 0 Å². The minimum atomic E-state index is 0.735. The fraction of sp³-hybridized carbons (Fsp3) is 0.692. The Morgan fingerprint density at radius 1 is 1.32 bits per heavy atom. The van der Waals surface area contributed by atoms with E-state index in [1.165, 1.54) is 45.2 Å². The normalized spacial score (nSPS) is 17.7. The van der Waals surface area contributed by atoms with Crippen molar-refractivity contribution in [1.29, 1.82) is 0 Å². The largest absolute Gasteiger partial charge is 0.357 e. The second-order valence-electron chi connectivity index (χ2n) is 5.02. The highest BCUT2D eigenvalue weighted by molar-refractivity contribution is 7.73. The number of nitrogens with one attached hydrogen (secondary N) is 2. The van der Waals surface area contributed by atoms with Crippen molar-refractivity contribution in [1.82, 2.24) is 9.78 Å². The third-order valence-electron chi connectivity index (χ3n) is 3.44. The van der Waals surface area contributed by atoms with E-state index in [9.17, 15) is 0 Å². The molecule has 4 nitrogen and oxygen atoms in total. The first-order valence-electron chi connectivity index (χ1n) is 7.06. The van der Waals surface area contributed by atoms with Gasteiger partial charge in [-0.15, -0.1) is 11.7 Å². The minimum Gasteiger partial charge on any atom is -0.357 e. The van der Waals surface area contributed by atoms with Crippen LogP contribution in [0.1, 0.15) is 32.1 Å². The SMILES string of the molecule is C=CCNc1nn(C[NH+]2CCCCCCC2)c(=S)s1. The summed E-state index contributed by atoms with van der Waals surface area (Å²) in [4.78, 5) is 1.61. The molecule has 1 aliphatic rings. The Kier molecular flexibility index (Phi) is 6.00. The Bertz CT molecular complexity index is 444. The molecule has 19 heavy (non-hydrogen) atoms. The van der Waals surface area contributed by atoms with E-state index >= 15 is 0 Å². The number of nitrogens with zero attached hydrogens (tertiary/aromatic N) is 2. The monoisotopic (exact) mass is 299 g/mol. The number of anilines is 1. The van der Waals surface area contributed by atoms with Gasteiger partial charge in [-0.3, -0.25) is 0 Å². The van der Waals surface area contributed by atoms with Gasteiger partial charge in [-0.25, -0.2) is 0 Å². The molecule has 2 heterocycles. The van der Waals surface area contributed by atoms with Gasteiger partial charge in [-0.05, 0) is 37.9 Å². The van der Waals surface area contributed by atoms with E-state index in [1.54, 1.807) is 16.2 Å². The molecular weight excluding hydrogens is 276 g/mol. The predicted octanol–water partition coefficient (Wildman–Crippen LogP) is 2.08. The molecule has 0 unspecified atom stereocenters. The first-order valence-corrected chi connectivity index (χ1v) is 8.28. The topological polar surface area (TPSA) is 34.3 Å². The van der Waals surface area contributed by atoms with E-state index in [1.807, 2.05) is 10.8 Å². The van der Waals surface area contributed by atoms with Gasteiger partial charge in [0.2, 0.25) is 5.13 Å². The standard InChI is InChI=1S/C13H22N4S2/c1-2-8-14-12-15-17(13(18)19-12)11-16-9-6-4-3-5-7-10-16/h2H,1,3-11H2,(H,14,15)/p+1. The molecule has 2 rings (SSSR count). The summed E-state index contributed by atoms with van der Waals surface area (Å²) in [7, 11) is 0. The highest BCUT2D eigenvalue weighted by Gasteiger charge is 2.13. The molecule has 0 atom stereocenters. The molecule has 2 N–H and O–H groups in total. The number of aromatic nitrogens is 2. The average molecular weight is 299 g/mol. The Morgan fingerprint density at radius 3 is 2.68 bits per heavy atom. The molecule has 0 aliphatic carbocycles. The Labute approximate surface area is 124 Å². The summed E-state index contributed by atoms with van der Waals surface area (Å²) < 4.78 is 2.84.